The maximum absolute atomic E-state index is 14.5. The number of hydrogen-bond acceptors (Lipinski definition) is 5. The third-order valence-corrected chi connectivity index (χ3v) is 8.24. The van der Waals surface area contributed by atoms with Crippen LogP contribution in [-0.4, -0.2) is 41.1 Å². The minimum Gasteiger partial charge on any atom is -0.493 e. The maximum atomic E-state index is 14.5. The van der Waals surface area contributed by atoms with Gasteiger partial charge in [0, 0.05) is 24.7 Å². The smallest absolute Gasteiger partial charge is 0.225 e. The van der Waals surface area contributed by atoms with Gasteiger partial charge in [0.1, 0.15) is 11.6 Å². The van der Waals surface area contributed by atoms with Crippen molar-refractivity contribution in [3.8, 4) is 5.75 Å². The lowest BCUT2D eigenvalue weighted by molar-refractivity contribution is -0.123. The zero-order chi connectivity index (χ0) is 24.4. The molecule has 0 bridgehead atoms. The average Bonchev–Trinajstić information content (AvgIpc) is 3.60. The number of benzene rings is 1. The third kappa shape index (κ3) is 6.05. The molecule has 35 heavy (non-hydrogen) atoms. The Hall–Kier alpha value is -2.41. The quantitative estimate of drug-likeness (QED) is 0.513. The molecule has 2 aromatic rings. The molecule has 2 heterocycles. The van der Waals surface area contributed by atoms with E-state index in [0.29, 0.717) is 28.9 Å². The number of piperidine rings is 1. The molecule has 6 nitrogen and oxygen atoms in total. The van der Waals surface area contributed by atoms with Gasteiger partial charge in [-0.05, 0) is 81.3 Å². The molecule has 5 rings (SSSR count). The van der Waals surface area contributed by atoms with Gasteiger partial charge >= 0.3 is 0 Å². The molecule has 3 fully saturated rings. The Morgan fingerprint density at radius 1 is 1.26 bits per heavy atom. The van der Waals surface area contributed by atoms with E-state index < -0.39 is 0 Å². The minimum absolute atomic E-state index is 0.0639. The number of rotatable bonds is 9. The van der Waals surface area contributed by atoms with Crippen LogP contribution < -0.4 is 15.0 Å². The molecule has 1 unspecified atom stereocenters. The first-order valence-electron chi connectivity index (χ1n) is 12.8. The average molecular weight is 501 g/mol. The maximum Gasteiger partial charge on any atom is 0.225 e. The van der Waals surface area contributed by atoms with Gasteiger partial charge in [0.15, 0.2) is 0 Å². The molecule has 1 saturated heterocycles. The molecule has 2 saturated carbocycles. The summed E-state index contributed by atoms with van der Waals surface area (Å²) < 4.78 is 20.4. The van der Waals surface area contributed by atoms with Gasteiger partial charge in [0.2, 0.25) is 11.9 Å². The Bertz CT molecular complexity index is 1040. The molecule has 1 N–H and O–H groups in total. The highest BCUT2D eigenvalue weighted by Gasteiger charge is 2.43. The standard InChI is InChI=1S/C27H34ClFN4O2/c1-27(8-2-9-27)32-25(34)14-20-3-4-22(15-24(20)29)35-12-7-19-13-23(19)18-5-10-33(11-6-18)26-30-16-21(28)17-31-26/h3-4,15-19,23H,2,5-14H2,1H3,(H,32,34)/t19-,23?/m1/s1. The topological polar surface area (TPSA) is 67.3 Å². The van der Waals surface area contributed by atoms with E-state index in [4.69, 9.17) is 16.3 Å². The van der Waals surface area contributed by atoms with Crippen LogP contribution in [0.25, 0.3) is 0 Å². The fraction of sp³-hybridized carbons (Fsp3) is 0.593. The first kappa shape index (κ1) is 24.3. The molecule has 1 aromatic carbocycles. The zero-order valence-corrected chi connectivity index (χ0v) is 21.1. The number of nitrogens with zero attached hydrogens (tertiary/aromatic N) is 3. The summed E-state index contributed by atoms with van der Waals surface area (Å²) in [6, 6.07) is 4.85. The van der Waals surface area contributed by atoms with Crippen LogP contribution in [0.4, 0.5) is 10.3 Å². The second-order valence-electron chi connectivity index (χ2n) is 10.7. The van der Waals surface area contributed by atoms with Crippen molar-refractivity contribution in [1.82, 2.24) is 15.3 Å². The Morgan fingerprint density at radius 2 is 2.00 bits per heavy atom. The van der Waals surface area contributed by atoms with E-state index in [0.717, 1.165) is 69.4 Å². The second kappa shape index (κ2) is 10.3. The lowest BCUT2D eigenvalue weighted by Crippen LogP contribution is -2.51. The van der Waals surface area contributed by atoms with Crippen LogP contribution in [0.1, 0.15) is 57.4 Å². The molecule has 0 spiro atoms. The van der Waals surface area contributed by atoms with Crippen molar-refractivity contribution in [2.75, 3.05) is 24.6 Å². The van der Waals surface area contributed by atoms with Crippen LogP contribution in [0.15, 0.2) is 30.6 Å². The van der Waals surface area contributed by atoms with E-state index in [-0.39, 0.29) is 23.7 Å². The van der Waals surface area contributed by atoms with Gasteiger partial charge in [0.25, 0.3) is 0 Å². The Balaban J connectivity index is 1.01. The fourth-order valence-corrected chi connectivity index (χ4v) is 5.75. The summed E-state index contributed by atoms with van der Waals surface area (Å²) in [5, 5.41) is 3.59. The summed E-state index contributed by atoms with van der Waals surface area (Å²) in [7, 11) is 0. The van der Waals surface area contributed by atoms with Gasteiger partial charge in [-0.15, -0.1) is 0 Å². The number of halogens is 2. The normalized spacial score (nSPS) is 23.5. The highest BCUT2D eigenvalue weighted by molar-refractivity contribution is 6.30. The molecule has 0 radical (unpaired) electrons. The third-order valence-electron chi connectivity index (χ3n) is 8.04. The van der Waals surface area contributed by atoms with Crippen LogP contribution in [0.2, 0.25) is 5.02 Å². The molecule has 1 aromatic heterocycles. The number of anilines is 1. The summed E-state index contributed by atoms with van der Waals surface area (Å²) in [5.74, 6) is 3.00. The summed E-state index contributed by atoms with van der Waals surface area (Å²) in [6.45, 7) is 4.60. The molecular formula is C27H34ClFN4O2. The van der Waals surface area contributed by atoms with Crippen molar-refractivity contribution in [3.63, 3.8) is 0 Å². The number of carbonyl (C=O) groups is 1. The monoisotopic (exact) mass is 500 g/mol. The van der Waals surface area contributed by atoms with Gasteiger partial charge in [-0.1, -0.05) is 17.7 Å². The lowest BCUT2D eigenvalue weighted by Gasteiger charge is -2.39. The fourth-order valence-electron chi connectivity index (χ4n) is 5.65. The van der Waals surface area contributed by atoms with Gasteiger partial charge in [-0.3, -0.25) is 4.79 Å². The lowest BCUT2D eigenvalue weighted by atomic mass is 9.78. The first-order chi connectivity index (χ1) is 16.9. The minimum atomic E-state index is -0.378. The van der Waals surface area contributed by atoms with Crippen LogP contribution in [0.5, 0.6) is 5.75 Å². The number of hydrogen-bond donors (Lipinski definition) is 1. The molecule has 2 atom stereocenters. The molecule has 3 aliphatic rings. The SMILES string of the molecule is CC1(NC(=O)Cc2ccc(OCC[C@@H]3CC3C3CCN(c4ncc(Cl)cn4)CC3)cc2F)CCC1. The van der Waals surface area contributed by atoms with E-state index >= 15 is 0 Å². The Kier molecular flexibility index (Phi) is 7.14. The number of aromatic nitrogens is 2. The molecule has 2 aliphatic carbocycles. The Morgan fingerprint density at radius 3 is 2.66 bits per heavy atom. The second-order valence-corrected chi connectivity index (χ2v) is 11.2. The largest absolute Gasteiger partial charge is 0.493 e. The van der Waals surface area contributed by atoms with E-state index in [1.54, 1.807) is 24.5 Å². The number of amides is 1. The van der Waals surface area contributed by atoms with Crippen LogP contribution >= 0.6 is 11.6 Å². The first-order valence-corrected chi connectivity index (χ1v) is 13.2. The van der Waals surface area contributed by atoms with Gasteiger partial charge in [-0.2, -0.15) is 0 Å². The number of ether oxygens (including phenoxy) is 1. The molecule has 1 amide bonds. The number of nitrogens with one attached hydrogen (secondary N) is 1. The van der Waals surface area contributed by atoms with E-state index in [9.17, 15) is 9.18 Å². The van der Waals surface area contributed by atoms with Crippen molar-refractivity contribution >= 4 is 23.5 Å². The van der Waals surface area contributed by atoms with Crippen molar-refractivity contribution in [2.24, 2.45) is 17.8 Å². The summed E-state index contributed by atoms with van der Waals surface area (Å²) >= 11 is 5.89. The van der Waals surface area contributed by atoms with Gasteiger partial charge in [-0.25, -0.2) is 14.4 Å². The summed E-state index contributed by atoms with van der Waals surface area (Å²) in [6.07, 6.45) is 11.1. The zero-order valence-electron chi connectivity index (χ0n) is 20.3. The summed E-state index contributed by atoms with van der Waals surface area (Å²) in [5.41, 5.74) is 0.301. The van der Waals surface area contributed by atoms with Crippen LogP contribution in [0.3, 0.4) is 0 Å². The van der Waals surface area contributed by atoms with Crippen molar-refractivity contribution < 1.29 is 13.9 Å². The Labute approximate surface area is 211 Å². The van der Waals surface area contributed by atoms with Crippen LogP contribution in [0, 0.1) is 23.6 Å². The van der Waals surface area contributed by atoms with E-state index in [1.165, 1.54) is 12.5 Å². The molecule has 1 aliphatic heterocycles. The molecule has 8 heteroatoms. The van der Waals surface area contributed by atoms with Crippen LogP contribution in [-0.2, 0) is 11.2 Å². The highest BCUT2D eigenvalue weighted by Crippen LogP contribution is 2.49. The van der Waals surface area contributed by atoms with Gasteiger partial charge < -0.3 is 15.0 Å². The van der Waals surface area contributed by atoms with Crippen molar-refractivity contribution in [1.29, 1.82) is 0 Å². The van der Waals surface area contributed by atoms with Gasteiger partial charge in [0.05, 0.1) is 30.4 Å². The molecule has 188 valence electrons. The number of carbonyl (C=O) groups excluding carboxylic acids is 1. The van der Waals surface area contributed by atoms with E-state index in [1.807, 2.05) is 6.92 Å². The molecular weight excluding hydrogens is 467 g/mol. The predicted molar refractivity (Wildman–Crippen MR) is 134 cm³/mol. The predicted octanol–water partition coefficient (Wildman–Crippen LogP) is 5.19. The van der Waals surface area contributed by atoms with E-state index in [2.05, 4.69) is 20.2 Å². The summed E-state index contributed by atoms with van der Waals surface area (Å²) in [4.78, 5) is 23.2. The highest BCUT2D eigenvalue weighted by atomic mass is 35.5. The van der Waals surface area contributed by atoms with Crippen molar-refractivity contribution in [3.05, 3.63) is 47.0 Å². The van der Waals surface area contributed by atoms with Crippen molar-refractivity contribution in [2.45, 2.75) is 63.8 Å².